The molecule has 1 saturated carbocycles. The van der Waals surface area contributed by atoms with Crippen molar-refractivity contribution >= 4 is 45.0 Å². The van der Waals surface area contributed by atoms with Gasteiger partial charge in [-0.3, -0.25) is 9.78 Å². The van der Waals surface area contributed by atoms with Gasteiger partial charge in [-0.2, -0.15) is 0 Å². The summed E-state index contributed by atoms with van der Waals surface area (Å²) in [5.74, 6) is 0.126. The fourth-order valence-electron chi connectivity index (χ4n) is 6.04. The van der Waals surface area contributed by atoms with Gasteiger partial charge in [0.25, 0.3) is 5.91 Å². The molecule has 2 heterocycles. The Kier molecular flexibility index (Phi) is 9.46. The van der Waals surface area contributed by atoms with Gasteiger partial charge in [-0.15, -0.1) is 11.3 Å². The fourth-order valence-corrected chi connectivity index (χ4v) is 7.55. The number of nitrogens with zero attached hydrogens (tertiary/aromatic N) is 3. The van der Waals surface area contributed by atoms with Gasteiger partial charge in [0.1, 0.15) is 16.4 Å². The lowest BCUT2D eigenvalue weighted by atomic mass is 9.84. The Bertz CT molecular complexity index is 1650. The zero-order valence-electron chi connectivity index (χ0n) is 25.3. The molecule has 1 aliphatic rings. The topological polar surface area (TPSA) is 83.0 Å². The van der Waals surface area contributed by atoms with Crippen molar-refractivity contribution in [3.05, 3.63) is 82.2 Å². The molecule has 0 radical (unpaired) electrons. The molecule has 232 valence electrons. The van der Waals surface area contributed by atoms with Gasteiger partial charge in [-0.1, -0.05) is 29.8 Å². The number of hydrogen-bond acceptors (Lipinski definition) is 5. The number of carbonyl (C=O) groups excluding carboxylic acids is 1. The number of carbonyl (C=O) groups is 2. The second-order valence-electron chi connectivity index (χ2n) is 12.3. The van der Waals surface area contributed by atoms with E-state index in [1.807, 2.05) is 56.0 Å². The third kappa shape index (κ3) is 6.69. The Labute approximate surface area is 266 Å². The van der Waals surface area contributed by atoms with E-state index in [9.17, 15) is 19.1 Å². The second kappa shape index (κ2) is 13.1. The zero-order valence-corrected chi connectivity index (χ0v) is 26.9. The first-order valence-corrected chi connectivity index (χ1v) is 15.9. The van der Waals surface area contributed by atoms with Crippen LogP contribution < -0.4 is 4.74 Å². The Morgan fingerprint density at radius 3 is 2.45 bits per heavy atom. The highest BCUT2D eigenvalue weighted by Crippen LogP contribution is 2.40. The number of rotatable bonds is 8. The van der Waals surface area contributed by atoms with Crippen molar-refractivity contribution < 1.29 is 23.8 Å². The standard InChI is InChI=1S/C34H37ClFN3O4S/c1-34(2,3)39(33(41)42)19-21-10-13-25(14-11-21)38(32(40)31-30(35)29-26(36)8-5-9-28(29)44-31)20-24-17-22(12-15-27(24)43-4)23-7-6-16-37-18-23/h5-9,12,15-18,21,25H,10-11,13-14,19-20H2,1-4H3,(H,41,42). The average Bonchev–Trinajstić information content (AvgIpc) is 3.35. The number of pyridine rings is 1. The van der Waals surface area contributed by atoms with Crippen LogP contribution in [-0.2, 0) is 6.54 Å². The van der Waals surface area contributed by atoms with Crippen molar-refractivity contribution in [3.8, 4) is 16.9 Å². The van der Waals surface area contributed by atoms with Crippen LogP contribution in [0.15, 0.2) is 60.9 Å². The van der Waals surface area contributed by atoms with Gasteiger partial charge in [0.2, 0.25) is 0 Å². The van der Waals surface area contributed by atoms with Crippen molar-refractivity contribution in [1.29, 1.82) is 0 Å². The van der Waals surface area contributed by atoms with Crippen LogP contribution in [0, 0.1) is 11.7 Å². The lowest BCUT2D eigenvalue weighted by molar-refractivity contribution is 0.0535. The Morgan fingerprint density at radius 2 is 1.84 bits per heavy atom. The third-order valence-corrected chi connectivity index (χ3v) is 10.0. The number of thiophene rings is 1. The molecule has 1 fully saturated rings. The maximum atomic E-state index is 14.7. The molecule has 44 heavy (non-hydrogen) atoms. The summed E-state index contributed by atoms with van der Waals surface area (Å²) in [4.78, 5) is 34.3. The van der Waals surface area contributed by atoms with Gasteiger partial charge >= 0.3 is 6.09 Å². The highest BCUT2D eigenvalue weighted by atomic mass is 35.5. The van der Waals surface area contributed by atoms with Crippen LogP contribution in [0.2, 0.25) is 5.02 Å². The van der Waals surface area contributed by atoms with E-state index in [2.05, 4.69) is 4.98 Å². The summed E-state index contributed by atoms with van der Waals surface area (Å²) in [5.41, 5.74) is 2.22. The van der Waals surface area contributed by atoms with Crippen LogP contribution in [0.1, 0.15) is 61.7 Å². The molecule has 5 rings (SSSR count). The molecule has 1 N–H and O–H groups in total. The number of fused-ring (bicyclic) bond motifs is 1. The van der Waals surface area contributed by atoms with E-state index < -0.39 is 17.4 Å². The second-order valence-corrected chi connectivity index (χ2v) is 13.7. The summed E-state index contributed by atoms with van der Waals surface area (Å²) >= 11 is 7.89. The van der Waals surface area contributed by atoms with Crippen LogP contribution >= 0.6 is 22.9 Å². The summed E-state index contributed by atoms with van der Waals surface area (Å²) in [5, 5.41) is 10.2. The number of ether oxygens (including phenoxy) is 1. The summed E-state index contributed by atoms with van der Waals surface area (Å²) in [6.45, 7) is 6.41. The van der Waals surface area contributed by atoms with Crippen molar-refractivity contribution in [2.75, 3.05) is 13.7 Å². The SMILES string of the molecule is COc1ccc(-c2cccnc2)cc1CN(C(=O)c1sc2cccc(F)c2c1Cl)C1CCC(CN(C(=O)O)C(C)(C)C)CC1. The van der Waals surface area contributed by atoms with Crippen LogP contribution in [0.3, 0.4) is 0 Å². The molecule has 0 bridgehead atoms. The Hall–Kier alpha value is -3.69. The number of methoxy groups -OCH3 is 1. The monoisotopic (exact) mass is 637 g/mol. The van der Waals surface area contributed by atoms with E-state index in [-0.39, 0.29) is 34.8 Å². The van der Waals surface area contributed by atoms with Gasteiger partial charge in [-0.05, 0) is 88.3 Å². The lowest BCUT2D eigenvalue weighted by Crippen LogP contribution is -2.48. The molecule has 0 spiro atoms. The first kappa shape index (κ1) is 31.7. The van der Waals surface area contributed by atoms with Crippen molar-refractivity contribution in [1.82, 2.24) is 14.8 Å². The van der Waals surface area contributed by atoms with Crippen LogP contribution in [0.25, 0.3) is 21.2 Å². The first-order chi connectivity index (χ1) is 21.0. The van der Waals surface area contributed by atoms with Crippen LogP contribution in [-0.4, -0.2) is 57.1 Å². The minimum Gasteiger partial charge on any atom is -0.496 e. The number of carboxylic acid groups (broad SMARTS) is 1. The summed E-state index contributed by atoms with van der Waals surface area (Å²) < 4.78 is 21.1. The maximum Gasteiger partial charge on any atom is 0.407 e. The van der Waals surface area contributed by atoms with Crippen LogP contribution in [0.4, 0.5) is 9.18 Å². The van der Waals surface area contributed by atoms with E-state index in [0.717, 1.165) is 29.5 Å². The molecule has 2 amide bonds. The number of aromatic nitrogens is 1. The molecular weight excluding hydrogens is 601 g/mol. The van der Waals surface area contributed by atoms with Gasteiger partial charge < -0.3 is 19.6 Å². The number of benzene rings is 2. The maximum absolute atomic E-state index is 14.7. The highest BCUT2D eigenvalue weighted by molar-refractivity contribution is 7.21. The molecule has 4 aromatic rings. The molecular formula is C34H37ClFN3O4S. The van der Waals surface area contributed by atoms with E-state index in [1.165, 1.54) is 22.3 Å². The quantitative estimate of drug-likeness (QED) is 0.209. The highest BCUT2D eigenvalue weighted by Gasteiger charge is 2.35. The molecule has 2 aromatic carbocycles. The van der Waals surface area contributed by atoms with Gasteiger partial charge in [0.05, 0.1) is 12.1 Å². The fraction of sp³-hybridized carbons (Fsp3) is 0.382. The van der Waals surface area contributed by atoms with E-state index in [1.54, 1.807) is 31.6 Å². The predicted octanol–water partition coefficient (Wildman–Crippen LogP) is 8.74. The van der Waals surface area contributed by atoms with E-state index in [4.69, 9.17) is 16.3 Å². The predicted molar refractivity (Wildman–Crippen MR) is 173 cm³/mol. The molecule has 0 aliphatic heterocycles. The number of halogens is 2. The number of amides is 2. The summed E-state index contributed by atoms with van der Waals surface area (Å²) in [6, 6.07) is 14.3. The summed E-state index contributed by atoms with van der Waals surface area (Å²) in [6.07, 6.45) is 5.54. The van der Waals surface area contributed by atoms with Crippen molar-refractivity contribution in [3.63, 3.8) is 0 Å². The minimum atomic E-state index is -0.927. The minimum absolute atomic E-state index is 0.121. The molecule has 0 unspecified atom stereocenters. The van der Waals surface area contributed by atoms with E-state index >= 15 is 0 Å². The van der Waals surface area contributed by atoms with Crippen molar-refractivity contribution in [2.24, 2.45) is 5.92 Å². The van der Waals surface area contributed by atoms with Gasteiger partial charge in [-0.25, -0.2) is 9.18 Å². The van der Waals surface area contributed by atoms with Gasteiger partial charge in [0.15, 0.2) is 0 Å². The largest absolute Gasteiger partial charge is 0.496 e. The summed E-state index contributed by atoms with van der Waals surface area (Å²) in [7, 11) is 1.61. The number of hydrogen-bond donors (Lipinski definition) is 1. The molecule has 2 aromatic heterocycles. The van der Waals surface area contributed by atoms with Crippen molar-refractivity contribution in [2.45, 2.75) is 64.6 Å². The smallest absolute Gasteiger partial charge is 0.407 e. The van der Waals surface area contributed by atoms with Crippen LogP contribution in [0.5, 0.6) is 5.75 Å². The van der Waals surface area contributed by atoms with E-state index in [0.29, 0.717) is 34.7 Å². The zero-order chi connectivity index (χ0) is 31.6. The van der Waals surface area contributed by atoms with Gasteiger partial charge in [0, 0.05) is 58.3 Å². The molecule has 1 aliphatic carbocycles. The normalized spacial score (nSPS) is 17.0. The molecule has 0 saturated heterocycles. The Morgan fingerprint density at radius 1 is 1.09 bits per heavy atom. The first-order valence-electron chi connectivity index (χ1n) is 14.7. The lowest BCUT2D eigenvalue weighted by Gasteiger charge is -2.40. The molecule has 10 heteroatoms. The molecule has 0 atom stereocenters. The molecule has 7 nitrogen and oxygen atoms in total. The third-order valence-electron chi connectivity index (χ3n) is 8.42. The average molecular weight is 638 g/mol. The Balaban J connectivity index is 1.47.